The van der Waals surface area contributed by atoms with Crippen molar-refractivity contribution in [2.24, 2.45) is 0 Å². The van der Waals surface area contributed by atoms with E-state index in [2.05, 4.69) is 23.8 Å². The maximum Gasteiger partial charge on any atom is 0.119 e. The van der Waals surface area contributed by atoms with Gasteiger partial charge in [0.25, 0.3) is 0 Å². The van der Waals surface area contributed by atoms with Gasteiger partial charge in [-0.05, 0) is 6.92 Å². The minimum Gasteiger partial charge on any atom is -0.364 e. The molecule has 0 saturated carbocycles. The summed E-state index contributed by atoms with van der Waals surface area (Å²) in [6.45, 7) is 2.81. The molecule has 0 amide bonds. The van der Waals surface area contributed by atoms with E-state index in [4.69, 9.17) is 4.74 Å². The second-order valence-corrected chi connectivity index (χ2v) is 2.53. The third-order valence-electron chi connectivity index (χ3n) is 1.84. The van der Waals surface area contributed by atoms with Crippen LogP contribution in [0.1, 0.15) is 6.92 Å². The van der Waals surface area contributed by atoms with Crippen LogP contribution in [0.5, 0.6) is 0 Å². The zero-order chi connectivity index (χ0) is 7.56. The monoisotopic (exact) mass is 142 g/mol. The quantitative estimate of drug-likeness (QED) is 0.563. The minimum atomic E-state index is 0.431. The first-order valence-corrected chi connectivity index (χ1v) is 3.40. The van der Waals surface area contributed by atoms with Crippen molar-refractivity contribution in [1.29, 1.82) is 0 Å². The van der Waals surface area contributed by atoms with Gasteiger partial charge in [0, 0.05) is 26.6 Å². The summed E-state index contributed by atoms with van der Waals surface area (Å²) in [7, 11) is 3.76. The first-order chi connectivity index (χ1) is 4.75. The van der Waals surface area contributed by atoms with E-state index in [-0.39, 0.29) is 0 Å². The predicted octanol–water partition coefficient (Wildman–Crippen LogP) is 0.655. The van der Waals surface area contributed by atoms with Gasteiger partial charge in [-0.15, -0.1) is 0 Å². The summed E-state index contributed by atoms with van der Waals surface area (Å²) in [4.78, 5) is 4.26. The molecule has 0 N–H and O–H groups in total. The van der Waals surface area contributed by atoms with Gasteiger partial charge in [0.05, 0.1) is 6.17 Å². The average Bonchev–Trinajstić information content (AvgIpc) is 2.20. The number of rotatable bonds is 2. The van der Waals surface area contributed by atoms with E-state index in [0.29, 0.717) is 12.9 Å². The van der Waals surface area contributed by atoms with Crippen LogP contribution in [-0.2, 0) is 4.74 Å². The summed E-state index contributed by atoms with van der Waals surface area (Å²) in [5, 5.41) is 0. The summed E-state index contributed by atoms with van der Waals surface area (Å²) in [5.41, 5.74) is 0. The van der Waals surface area contributed by atoms with Crippen molar-refractivity contribution in [1.82, 2.24) is 9.80 Å². The lowest BCUT2D eigenvalue weighted by atomic mass is 10.5. The highest BCUT2D eigenvalue weighted by Crippen LogP contribution is 2.11. The Hall–Kier alpha value is -0.700. The molecule has 0 spiro atoms. The summed E-state index contributed by atoms with van der Waals surface area (Å²) in [5.74, 6) is 0. The highest BCUT2D eigenvalue weighted by atomic mass is 16.5. The van der Waals surface area contributed by atoms with Crippen LogP contribution in [0.3, 0.4) is 0 Å². The Bertz CT molecular complexity index is 136. The van der Waals surface area contributed by atoms with Gasteiger partial charge in [-0.1, -0.05) is 0 Å². The largest absolute Gasteiger partial charge is 0.364 e. The number of methoxy groups -OCH3 is 1. The Morgan fingerprint density at radius 3 is 2.60 bits per heavy atom. The van der Waals surface area contributed by atoms with E-state index in [1.165, 1.54) is 0 Å². The SMILES string of the molecule is COCN1C=CN(C)C1C. The van der Waals surface area contributed by atoms with Crippen molar-refractivity contribution in [3.63, 3.8) is 0 Å². The first kappa shape index (κ1) is 7.41. The zero-order valence-electron chi connectivity index (χ0n) is 6.74. The molecule has 1 atom stereocenters. The van der Waals surface area contributed by atoms with Gasteiger partial charge in [-0.25, -0.2) is 0 Å². The van der Waals surface area contributed by atoms with Gasteiger partial charge in [0.2, 0.25) is 0 Å². The van der Waals surface area contributed by atoms with E-state index in [9.17, 15) is 0 Å². The molecule has 0 saturated heterocycles. The molecule has 0 aromatic carbocycles. The van der Waals surface area contributed by atoms with E-state index in [1.807, 2.05) is 12.4 Å². The molecule has 0 aliphatic carbocycles. The van der Waals surface area contributed by atoms with Crippen LogP contribution in [-0.4, -0.2) is 36.9 Å². The fraction of sp³-hybridized carbons (Fsp3) is 0.714. The van der Waals surface area contributed by atoms with E-state index < -0.39 is 0 Å². The normalized spacial score (nSPS) is 24.5. The van der Waals surface area contributed by atoms with Crippen LogP contribution < -0.4 is 0 Å². The fourth-order valence-corrected chi connectivity index (χ4v) is 0.974. The Morgan fingerprint density at radius 2 is 2.20 bits per heavy atom. The topological polar surface area (TPSA) is 15.7 Å². The number of nitrogens with zero attached hydrogens (tertiary/aromatic N) is 2. The Balaban J connectivity index is 2.41. The van der Waals surface area contributed by atoms with Crippen LogP contribution in [0.4, 0.5) is 0 Å². The van der Waals surface area contributed by atoms with Crippen molar-refractivity contribution in [3.8, 4) is 0 Å². The molecule has 58 valence electrons. The number of hydrogen-bond donors (Lipinski definition) is 0. The molecule has 3 heteroatoms. The van der Waals surface area contributed by atoms with Crippen LogP contribution >= 0.6 is 0 Å². The molecule has 0 aromatic rings. The first-order valence-electron chi connectivity index (χ1n) is 3.40. The highest BCUT2D eigenvalue weighted by Gasteiger charge is 2.16. The van der Waals surface area contributed by atoms with Crippen molar-refractivity contribution in [2.45, 2.75) is 13.1 Å². The van der Waals surface area contributed by atoms with Gasteiger partial charge in [0.15, 0.2) is 0 Å². The van der Waals surface area contributed by atoms with Gasteiger partial charge in [0.1, 0.15) is 6.73 Å². The summed E-state index contributed by atoms with van der Waals surface area (Å²) in [6, 6.07) is 0. The third kappa shape index (κ3) is 1.24. The minimum absolute atomic E-state index is 0.431. The standard InChI is InChI=1S/C7H14N2O/c1-7-8(2)4-5-9(7)6-10-3/h4-5,7H,6H2,1-3H3. The second-order valence-electron chi connectivity index (χ2n) is 2.53. The molecule has 1 rings (SSSR count). The molecule has 0 aromatic heterocycles. The lowest BCUT2D eigenvalue weighted by Crippen LogP contribution is -2.34. The predicted molar refractivity (Wildman–Crippen MR) is 40.1 cm³/mol. The summed E-state index contributed by atoms with van der Waals surface area (Å²) >= 11 is 0. The lowest BCUT2D eigenvalue weighted by molar-refractivity contribution is 0.0515. The number of ether oxygens (including phenoxy) is 1. The maximum atomic E-state index is 4.99. The molecule has 1 aliphatic rings. The Morgan fingerprint density at radius 1 is 1.50 bits per heavy atom. The van der Waals surface area contributed by atoms with Crippen molar-refractivity contribution in [2.75, 3.05) is 20.9 Å². The van der Waals surface area contributed by atoms with E-state index in [0.717, 1.165) is 0 Å². The van der Waals surface area contributed by atoms with Crippen molar-refractivity contribution >= 4 is 0 Å². The Kier molecular flexibility index (Phi) is 2.17. The third-order valence-corrected chi connectivity index (χ3v) is 1.84. The van der Waals surface area contributed by atoms with Gasteiger partial charge < -0.3 is 14.5 Å². The molecule has 0 radical (unpaired) electrons. The molecule has 1 heterocycles. The smallest absolute Gasteiger partial charge is 0.119 e. The second kappa shape index (κ2) is 2.92. The van der Waals surface area contributed by atoms with Gasteiger partial charge >= 0.3 is 0 Å². The summed E-state index contributed by atoms with van der Waals surface area (Å²) < 4.78 is 4.99. The molecular weight excluding hydrogens is 128 g/mol. The highest BCUT2D eigenvalue weighted by molar-refractivity contribution is 4.92. The fourth-order valence-electron chi connectivity index (χ4n) is 0.974. The molecule has 1 unspecified atom stereocenters. The van der Waals surface area contributed by atoms with Crippen molar-refractivity contribution < 1.29 is 4.74 Å². The zero-order valence-corrected chi connectivity index (χ0v) is 6.74. The van der Waals surface area contributed by atoms with Gasteiger partial charge in [-0.2, -0.15) is 0 Å². The van der Waals surface area contributed by atoms with Crippen LogP contribution in [0.2, 0.25) is 0 Å². The molecule has 3 nitrogen and oxygen atoms in total. The van der Waals surface area contributed by atoms with Crippen molar-refractivity contribution in [3.05, 3.63) is 12.4 Å². The molecule has 1 aliphatic heterocycles. The molecule has 10 heavy (non-hydrogen) atoms. The molecular formula is C7H14N2O. The summed E-state index contributed by atoms with van der Waals surface area (Å²) in [6.07, 6.45) is 4.51. The van der Waals surface area contributed by atoms with Crippen LogP contribution in [0.25, 0.3) is 0 Å². The Labute approximate surface area is 61.9 Å². The van der Waals surface area contributed by atoms with E-state index in [1.54, 1.807) is 7.11 Å². The van der Waals surface area contributed by atoms with E-state index >= 15 is 0 Å². The van der Waals surface area contributed by atoms with Crippen LogP contribution in [0, 0.1) is 0 Å². The maximum absolute atomic E-state index is 4.99. The number of hydrogen-bond acceptors (Lipinski definition) is 3. The van der Waals surface area contributed by atoms with Gasteiger partial charge in [-0.3, -0.25) is 0 Å². The average molecular weight is 142 g/mol. The molecule has 0 bridgehead atoms. The molecule has 0 fully saturated rings. The van der Waals surface area contributed by atoms with Crippen LogP contribution in [0.15, 0.2) is 12.4 Å². The lowest BCUT2D eigenvalue weighted by Gasteiger charge is -2.25.